The predicted octanol–water partition coefficient (Wildman–Crippen LogP) is 5.39. The zero-order chi connectivity index (χ0) is 28.5. The van der Waals surface area contributed by atoms with Gasteiger partial charge in [-0.05, 0) is 56.2 Å². The molecule has 8 nitrogen and oxygen atoms in total. The first-order chi connectivity index (χ1) is 18.4. The van der Waals surface area contributed by atoms with Crippen LogP contribution in [0.5, 0.6) is 5.75 Å². The highest BCUT2D eigenvalue weighted by Crippen LogP contribution is 2.38. The van der Waals surface area contributed by atoms with Gasteiger partial charge in [0.2, 0.25) is 6.10 Å². The van der Waals surface area contributed by atoms with Crippen molar-refractivity contribution >= 4 is 38.4 Å². The number of carboxylic acid groups (broad SMARTS) is 2. The van der Waals surface area contributed by atoms with Gasteiger partial charge in [0.05, 0.1) is 10.6 Å². The van der Waals surface area contributed by atoms with Crippen LogP contribution in [0.3, 0.4) is 0 Å². The van der Waals surface area contributed by atoms with Gasteiger partial charge in [-0.2, -0.15) is 0 Å². The smallest absolute Gasteiger partial charge is 0.349 e. The molecular formula is C29H26FNO7S. The number of benzene rings is 4. The highest BCUT2D eigenvalue weighted by molar-refractivity contribution is 7.93. The van der Waals surface area contributed by atoms with Crippen LogP contribution >= 0.6 is 0 Å². The summed E-state index contributed by atoms with van der Waals surface area (Å²) in [5.74, 6) is -3.07. The summed E-state index contributed by atoms with van der Waals surface area (Å²) in [5.41, 5.74) is 2.13. The Morgan fingerprint density at radius 3 is 2.05 bits per heavy atom. The predicted molar refractivity (Wildman–Crippen MR) is 144 cm³/mol. The lowest BCUT2D eigenvalue weighted by Crippen LogP contribution is -2.36. The summed E-state index contributed by atoms with van der Waals surface area (Å²) >= 11 is 0. The minimum Gasteiger partial charge on any atom is -0.480 e. The summed E-state index contributed by atoms with van der Waals surface area (Å²) in [4.78, 5) is 23.9. The maximum Gasteiger partial charge on any atom is 0.349 e. The van der Waals surface area contributed by atoms with Crippen LogP contribution in [0.2, 0.25) is 0 Å². The molecule has 0 aliphatic rings. The van der Waals surface area contributed by atoms with E-state index in [1.807, 2.05) is 6.92 Å². The molecule has 0 saturated carbocycles. The second-order valence-corrected chi connectivity index (χ2v) is 10.9. The van der Waals surface area contributed by atoms with Crippen molar-refractivity contribution in [3.05, 3.63) is 101 Å². The van der Waals surface area contributed by atoms with E-state index in [0.717, 1.165) is 22.0 Å². The molecule has 0 radical (unpaired) electrons. The van der Waals surface area contributed by atoms with Gasteiger partial charge in [-0.25, -0.2) is 17.6 Å². The molecule has 0 bridgehead atoms. The molecule has 0 saturated heterocycles. The van der Waals surface area contributed by atoms with Crippen molar-refractivity contribution in [3.63, 3.8) is 0 Å². The molecule has 4 rings (SSSR count). The van der Waals surface area contributed by atoms with Crippen molar-refractivity contribution in [1.29, 1.82) is 0 Å². The Labute approximate surface area is 224 Å². The van der Waals surface area contributed by atoms with Crippen LogP contribution in [0.25, 0.3) is 10.8 Å². The van der Waals surface area contributed by atoms with Crippen molar-refractivity contribution in [1.82, 2.24) is 0 Å². The van der Waals surface area contributed by atoms with Gasteiger partial charge in [0.1, 0.15) is 18.1 Å². The Hall–Kier alpha value is -4.44. The third-order valence-corrected chi connectivity index (χ3v) is 8.27. The van der Waals surface area contributed by atoms with Crippen molar-refractivity contribution < 1.29 is 37.3 Å². The van der Waals surface area contributed by atoms with Crippen LogP contribution < -0.4 is 9.04 Å². The molecule has 4 aromatic rings. The zero-order valence-electron chi connectivity index (χ0n) is 21.4. The third kappa shape index (κ3) is 5.56. The van der Waals surface area contributed by atoms with Gasteiger partial charge in [-0.3, -0.25) is 9.10 Å². The lowest BCUT2D eigenvalue weighted by molar-refractivity contribution is -0.145. The van der Waals surface area contributed by atoms with E-state index in [1.165, 1.54) is 24.3 Å². The highest BCUT2D eigenvalue weighted by atomic mass is 32.2. The first-order valence-electron chi connectivity index (χ1n) is 11.9. The van der Waals surface area contributed by atoms with Crippen LogP contribution in [0.4, 0.5) is 10.1 Å². The number of nitrogens with zero attached hydrogens (tertiary/aromatic N) is 1. The third-order valence-electron chi connectivity index (χ3n) is 6.20. The molecule has 0 aliphatic heterocycles. The molecule has 4 aromatic carbocycles. The Kier molecular flexibility index (Phi) is 7.60. The quantitative estimate of drug-likeness (QED) is 0.286. The van der Waals surface area contributed by atoms with Gasteiger partial charge in [0.15, 0.2) is 0 Å². The normalized spacial score (nSPS) is 12.2. The van der Waals surface area contributed by atoms with E-state index in [1.54, 1.807) is 50.2 Å². The Morgan fingerprint density at radius 2 is 1.49 bits per heavy atom. The number of halogens is 1. The average Bonchev–Trinajstić information content (AvgIpc) is 2.85. The number of rotatable bonds is 9. The van der Waals surface area contributed by atoms with Crippen LogP contribution in [-0.2, 0) is 19.6 Å². The van der Waals surface area contributed by atoms with E-state index in [0.29, 0.717) is 21.9 Å². The standard InChI is InChI=1S/C29H26FNO7S/c1-17-14-18(2)28(19(3)15-17)39(36,37)31(16-26(32)33)24-12-13-25(23-7-5-4-6-22(23)24)38-27(29(34)35)20-8-10-21(30)11-9-20/h4-15,27H,16H2,1-3H3,(H,32,33)(H,34,35). The van der Waals surface area contributed by atoms with Crippen molar-refractivity contribution in [2.24, 2.45) is 0 Å². The topological polar surface area (TPSA) is 121 Å². The molecule has 202 valence electrons. The van der Waals surface area contributed by atoms with Crippen molar-refractivity contribution in [3.8, 4) is 5.75 Å². The van der Waals surface area contributed by atoms with E-state index < -0.39 is 40.4 Å². The van der Waals surface area contributed by atoms with E-state index in [-0.39, 0.29) is 21.9 Å². The molecule has 0 fully saturated rings. The minimum absolute atomic E-state index is 0.0148. The molecule has 0 aromatic heterocycles. The Bertz CT molecular complexity index is 1660. The first-order valence-corrected chi connectivity index (χ1v) is 13.3. The monoisotopic (exact) mass is 551 g/mol. The minimum atomic E-state index is -4.33. The van der Waals surface area contributed by atoms with E-state index in [4.69, 9.17) is 4.74 Å². The molecule has 2 N–H and O–H groups in total. The fraction of sp³-hybridized carbons (Fsp3) is 0.172. The van der Waals surface area contributed by atoms with Crippen LogP contribution in [0.1, 0.15) is 28.4 Å². The molecule has 1 atom stereocenters. The first kappa shape index (κ1) is 27.6. The lowest BCUT2D eigenvalue weighted by Gasteiger charge is -2.27. The SMILES string of the molecule is Cc1cc(C)c(S(=O)(=O)N(CC(=O)O)c2ccc(OC(C(=O)O)c3ccc(F)cc3)c3ccccc23)c(C)c1. The summed E-state index contributed by atoms with van der Waals surface area (Å²) in [6, 6.07) is 17.6. The number of anilines is 1. The molecular weight excluding hydrogens is 525 g/mol. The number of hydrogen-bond acceptors (Lipinski definition) is 5. The molecule has 39 heavy (non-hydrogen) atoms. The summed E-state index contributed by atoms with van der Waals surface area (Å²) in [5, 5.41) is 20.2. The van der Waals surface area contributed by atoms with Crippen LogP contribution in [0, 0.1) is 26.6 Å². The Balaban J connectivity index is 1.87. The summed E-state index contributed by atoms with van der Waals surface area (Å²) in [6.07, 6.45) is -1.48. The van der Waals surface area contributed by atoms with Crippen molar-refractivity contribution in [2.75, 3.05) is 10.8 Å². The van der Waals surface area contributed by atoms with Gasteiger partial charge < -0.3 is 14.9 Å². The second-order valence-electron chi connectivity index (χ2n) is 9.15. The average molecular weight is 552 g/mol. The highest BCUT2D eigenvalue weighted by Gasteiger charge is 2.32. The number of fused-ring (bicyclic) bond motifs is 1. The molecule has 0 amide bonds. The van der Waals surface area contributed by atoms with E-state index in [2.05, 4.69) is 0 Å². The van der Waals surface area contributed by atoms with Crippen molar-refractivity contribution in [2.45, 2.75) is 31.8 Å². The summed E-state index contributed by atoms with van der Waals surface area (Å²) < 4.78 is 48.0. The van der Waals surface area contributed by atoms with Gasteiger partial charge >= 0.3 is 11.9 Å². The number of hydrogen-bond donors (Lipinski definition) is 2. The molecule has 0 aliphatic carbocycles. The molecule has 0 spiro atoms. The molecule has 10 heteroatoms. The number of carboxylic acids is 2. The summed E-state index contributed by atoms with van der Waals surface area (Å²) in [6.45, 7) is 4.31. The second kappa shape index (κ2) is 10.7. The molecule has 1 unspecified atom stereocenters. The van der Waals surface area contributed by atoms with Gasteiger partial charge in [-0.1, -0.05) is 54.1 Å². The maximum atomic E-state index is 14.0. The maximum absolute atomic E-state index is 14.0. The number of carbonyl (C=O) groups is 2. The number of ether oxygens (including phenoxy) is 1. The number of aryl methyl sites for hydroxylation is 3. The van der Waals surface area contributed by atoms with Gasteiger partial charge in [0, 0.05) is 16.3 Å². The summed E-state index contributed by atoms with van der Waals surface area (Å²) in [7, 11) is -4.33. The van der Waals surface area contributed by atoms with E-state index in [9.17, 15) is 32.6 Å². The fourth-order valence-corrected chi connectivity index (χ4v) is 6.56. The largest absolute Gasteiger partial charge is 0.480 e. The van der Waals surface area contributed by atoms with Gasteiger partial charge in [-0.15, -0.1) is 0 Å². The number of sulfonamides is 1. The zero-order valence-corrected chi connectivity index (χ0v) is 22.2. The number of aliphatic carboxylic acids is 2. The fourth-order valence-electron chi connectivity index (χ4n) is 4.71. The van der Waals surface area contributed by atoms with Gasteiger partial charge in [0.25, 0.3) is 10.0 Å². The van der Waals surface area contributed by atoms with Crippen LogP contribution in [0.15, 0.2) is 77.7 Å². The molecule has 0 heterocycles. The van der Waals surface area contributed by atoms with Crippen LogP contribution in [-0.4, -0.2) is 37.1 Å². The lowest BCUT2D eigenvalue weighted by atomic mass is 10.1. The van der Waals surface area contributed by atoms with E-state index >= 15 is 0 Å². The Morgan fingerprint density at radius 1 is 0.897 bits per heavy atom.